The first-order chi connectivity index (χ1) is 15.1. The van der Waals surface area contributed by atoms with Crippen LogP contribution in [0.5, 0.6) is 0 Å². The van der Waals surface area contributed by atoms with Crippen LogP contribution in [0.15, 0.2) is 12.4 Å². The first kappa shape index (κ1) is 22.6. The minimum Gasteiger partial charge on any atom is -0.378 e. The average molecular weight is 463 g/mol. The molecule has 2 aromatic rings. The van der Waals surface area contributed by atoms with Gasteiger partial charge in [0.1, 0.15) is 5.82 Å². The molecule has 0 atom stereocenters. The number of fused-ring (bicyclic) bond motifs is 1. The average Bonchev–Trinajstić information content (AvgIpc) is 3.18. The fourth-order valence-corrected chi connectivity index (χ4v) is 4.73. The second-order valence-electron chi connectivity index (χ2n) is 8.84. The standard InChI is InChI=1S/C20H30N8O3S/c1-20(2,13-26(3)32(4,29)30)28-6-5-15-16(14-11-22-18(21)23-12-14)24-19(25-17(15)28)27-7-9-31-10-8-27/h11-12H,5-10,13H2,1-4H3,(H2,21,22,23). The van der Waals surface area contributed by atoms with Gasteiger partial charge in [-0.2, -0.15) is 4.98 Å². The van der Waals surface area contributed by atoms with Gasteiger partial charge in [0, 0.05) is 62.3 Å². The molecule has 4 rings (SSSR count). The van der Waals surface area contributed by atoms with E-state index in [0.717, 1.165) is 29.1 Å². The summed E-state index contributed by atoms with van der Waals surface area (Å²) in [6, 6.07) is 0. The Morgan fingerprint density at radius 1 is 1.16 bits per heavy atom. The lowest BCUT2D eigenvalue weighted by Gasteiger charge is -2.39. The Balaban J connectivity index is 1.78. The van der Waals surface area contributed by atoms with Crippen LogP contribution in [0.4, 0.5) is 17.7 Å². The summed E-state index contributed by atoms with van der Waals surface area (Å²) in [5, 5.41) is 0. The zero-order chi connectivity index (χ0) is 23.1. The molecule has 2 N–H and O–H groups in total. The summed E-state index contributed by atoms with van der Waals surface area (Å²) < 4.78 is 30.9. The van der Waals surface area contributed by atoms with Crippen LogP contribution in [0, 0.1) is 0 Å². The van der Waals surface area contributed by atoms with Gasteiger partial charge in [-0.15, -0.1) is 0 Å². The van der Waals surface area contributed by atoms with E-state index in [1.54, 1.807) is 19.4 Å². The number of morpholine rings is 1. The Hall–Kier alpha value is -2.57. The van der Waals surface area contributed by atoms with Crippen molar-refractivity contribution >= 4 is 27.7 Å². The fraction of sp³-hybridized carbons (Fsp3) is 0.600. The van der Waals surface area contributed by atoms with Crippen molar-refractivity contribution in [2.75, 3.05) is 68.2 Å². The topological polar surface area (TPSA) is 131 Å². The minimum absolute atomic E-state index is 0.208. The third-order valence-electron chi connectivity index (χ3n) is 5.96. The lowest BCUT2D eigenvalue weighted by molar-refractivity contribution is 0.122. The number of hydrogen-bond acceptors (Lipinski definition) is 10. The quantitative estimate of drug-likeness (QED) is 0.643. The fourth-order valence-electron chi connectivity index (χ4n) is 4.18. The van der Waals surface area contributed by atoms with Gasteiger partial charge in [0.2, 0.25) is 21.9 Å². The van der Waals surface area contributed by atoms with Crippen LogP contribution in [0.1, 0.15) is 19.4 Å². The van der Waals surface area contributed by atoms with E-state index in [0.29, 0.717) is 45.3 Å². The summed E-state index contributed by atoms with van der Waals surface area (Å²) in [5.41, 5.74) is 7.77. The Morgan fingerprint density at radius 3 is 2.44 bits per heavy atom. The summed E-state index contributed by atoms with van der Waals surface area (Å²) >= 11 is 0. The summed E-state index contributed by atoms with van der Waals surface area (Å²) in [6.07, 6.45) is 5.32. The number of hydrogen-bond donors (Lipinski definition) is 1. The van der Waals surface area contributed by atoms with Crippen molar-refractivity contribution in [2.24, 2.45) is 0 Å². The highest BCUT2D eigenvalue weighted by molar-refractivity contribution is 7.88. The Labute approximate surface area is 188 Å². The van der Waals surface area contributed by atoms with E-state index in [9.17, 15) is 8.42 Å². The van der Waals surface area contributed by atoms with Crippen LogP contribution in [0.3, 0.4) is 0 Å². The molecule has 32 heavy (non-hydrogen) atoms. The highest BCUT2D eigenvalue weighted by Crippen LogP contribution is 2.39. The van der Waals surface area contributed by atoms with Crippen molar-refractivity contribution in [2.45, 2.75) is 25.8 Å². The number of ether oxygens (including phenoxy) is 1. The lowest BCUT2D eigenvalue weighted by atomic mass is 10.0. The first-order valence-corrected chi connectivity index (χ1v) is 12.4. The number of sulfonamides is 1. The predicted octanol–water partition coefficient (Wildman–Crippen LogP) is 0.385. The molecule has 1 fully saturated rings. The number of rotatable bonds is 6. The molecule has 0 bridgehead atoms. The van der Waals surface area contributed by atoms with E-state index >= 15 is 0 Å². The maximum atomic E-state index is 12.0. The van der Waals surface area contributed by atoms with Crippen molar-refractivity contribution in [1.82, 2.24) is 24.2 Å². The number of nitrogens with two attached hydrogens (primary N) is 1. The van der Waals surface area contributed by atoms with E-state index in [1.807, 2.05) is 13.8 Å². The molecule has 0 radical (unpaired) electrons. The Kier molecular flexibility index (Phi) is 5.94. The minimum atomic E-state index is -3.30. The Bertz CT molecular complexity index is 1080. The largest absolute Gasteiger partial charge is 0.378 e. The summed E-state index contributed by atoms with van der Waals surface area (Å²) in [4.78, 5) is 22.4. The molecule has 2 aromatic heterocycles. The van der Waals surface area contributed by atoms with Crippen LogP contribution in [-0.4, -0.2) is 90.9 Å². The van der Waals surface area contributed by atoms with E-state index in [4.69, 9.17) is 20.4 Å². The maximum absolute atomic E-state index is 12.0. The number of nitrogen functional groups attached to an aromatic ring is 1. The monoisotopic (exact) mass is 462 g/mol. The van der Waals surface area contributed by atoms with Gasteiger partial charge in [0.25, 0.3) is 0 Å². The van der Waals surface area contributed by atoms with Crippen LogP contribution in [0.2, 0.25) is 0 Å². The zero-order valence-electron chi connectivity index (χ0n) is 18.9. The van der Waals surface area contributed by atoms with Crippen LogP contribution >= 0.6 is 0 Å². The van der Waals surface area contributed by atoms with Crippen molar-refractivity contribution in [3.05, 3.63) is 18.0 Å². The van der Waals surface area contributed by atoms with Gasteiger partial charge in [0.05, 0.1) is 25.2 Å². The van der Waals surface area contributed by atoms with Gasteiger partial charge in [-0.3, -0.25) is 0 Å². The van der Waals surface area contributed by atoms with Gasteiger partial charge >= 0.3 is 0 Å². The van der Waals surface area contributed by atoms with Crippen molar-refractivity contribution < 1.29 is 13.2 Å². The third-order valence-corrected chi connectivity index (χ3v) is 7.22. The number of nitrogens with zero attached hydrogens (tertiary/aromatic N) is 7. The van der Waals surface area contributed by atoms with E-state index in [1.165, 1.54) is 10.6 Å². The second kappa shape index (κ2) is 8.41. The lowest BCUT2D eigenvalue weighted by Crippen LogP contribution is -2.52. The molecule has 2 aliphatic heterocycles. The van der Waals surface area contributed by atoms with E-state index in [-0.39, 0.29) is 5.95 Å². The summed E-state index contributed by atoms with van der Waals surface area (Å²) in [6.45, 7) is 7.77. The molecule has 4 heterocycles. The first-order valence-electron chi connectivity index (χ1n) is 10.6. The van der Waals surface area contributed by atoms with Crippen LogP contribution in [0.25, 0.3) is 11.3 Å². The van der Waals surface area contributed by atoms with Crippen molar-refractivity contribution in [3.63, 3.8) is 0 Å². The molecule has 0 amide bonds. The summed E-state index contributed by atoms with van der Waals surface area (Å²) in [5.74, 6) is 1.65. The smallest absolute Gasteiger partial charge is 0.228 e. The number of aromatic nitrogens is 4. The molecular weight excluding hydrogens is 432 g/mol. The molecule has 0 spiro atoms. The van der Waals surface area contributed by atoms with Crippen molar-refractivity contribution in [3.8, 4) is 11.3 Å². The van der Waals surface area contributed by atoms with Gasteiger partial charge in [-0.05, 0) is 20.3 Å². The molecular formula is C20H30N8O3S. The molecule has 0 saturated carbocycles. The zero-order valence-corrected chi connectivity index (χ0v) is 19.8. The van der Waals surface area contributed by atoms with Crippen LogP contribution < -0.4 is 15.5 Å². The van der Waals surface area contributed by atoms with E-state index < -0.39 is 15.6 Å². The molecule has 2 aliphatic rings. The normalized spacial score (nSPS) is 17.2. The third kappa shape index (κ3) is 4.48. The molecule has 174 valence electrons. The SMILES string of the molecule is CN(CC(C)(C)N1CCc2c(-c3cnc(N)nc3)nc(N3CCOCC3)nc21)S(C)(=O)=O. The molecule has 0 unspecified atom stereocenters. The highest BCUT2D eigenvalue weighted by atomic mass is 32.2. The molecule has 0 aliphatic carbocycles. The van der Waals surface area contributed by atoms with Gasteiger partial charge in [0.15, 0.2) is 0 Å². The second-order valence-corrected chi connectivity index (χ2v) is 10.9. The van der Waals surface area contributed by atoms with Gasteiger partial charge < -0.3 is 20.3 Å². The molecule has 11 nitrogen and oxygen atoms in total. The molecule has 0 aromatic carbocycles. The number of anilines is 3. The van der Waals surface area contributed by atoms with Crippen LogP contribution in [-0.2, 0) is 21.2 Å². The van der Waals surface area contributed by atoms with Gasteiger partial charge in [-0.1, -0.05) is 0 Å². The Morgan fingerprint density at radius 2 is 1.81 bits per heavy atom. The summed E-state index contributed by atoms with van der Waals surface area (Å²) in [7, 11) is -1.70. The van der Waals surface area contributed by atoms with E-state index in [2.05, 4.69) is 19.8 Å². The molecule has 12 heteroatoms. The number of likely N-dealkylation sites (N-methyl/N-ethyl adjacent to an activating group) is 1. The van der Waals surface area contributed by atoms with Crippen molar-refractivity contribution in [1.29, 1.82) is 0 Å². The highest BCUT2D eigenvalue weighted by Gasteiger charge is 2.38. The predicted molar refractivity (Wildman–Crippen MR) is 123 cm³/mol. The molecule has 1 saturated heterocycles. The van der Waals surface area contributed by atoms with Gasteiger partial charge in [-0.25, -0.2) is 27.7 Å². The maximum Gasteiger partial charge on any atom is 0.228 e.